The maximum absolute atomic E-state index is 12.3. The van der Waals surface area contributed by atoms with Crippen molar-refractivity contribution >= 4 is 29.0 Å². The van der Waals surface area contributed by atoms with Crippen LogP contribution in [0.3, 0.4) is 0 Å². The molecular weight excluding hydrogens is 344 g/mol. The van der Waals surface area contributed by atoms with Crippen molar-refractivity contribution < 1.29 is 13.5 Å². The summed E-state index contributed by atoms with van der Waals surface area (Å²) in [6.07, 6.45) is 5.69. The van der Waals surface area contributed by atoms with Crippen molar-refractivity contribution in [1.82, 2.24) is 5.43 Å². The summed E-state index contributed by atoms with van der Waals surface area (Å²) in [6.45, 7) is -2.04. The summed E-state index contributed by atoms with van der Waals surface area (Å²) in [5.41, 5.74) is 3.36. The number of rotatable bonds is 4. The van der Waals surface area contributed by atoms with Crippen molar-refractivity contribution in [2.45, 2.75) is 32.3 Å². The van der Waals surface area contributed by atoms with Gasteiger partial charge in [0.25, 0.3) is 0 Å². The number of amidine groups is 1. The van der Waals surface area contributed by atoms with Crippen LogP contribution in [0.15, 0.2) is 34.4 Å². The van der Waals surface area contributed by atoms with E-state index in [1.807, 2.05) is 0 Å². The molecule has 1 N–H and O–H groups in total. The number of aliphatic imine (C=N–C) groups is 1. The molecule has 0 aromatic heterocycles. The van der Waals surface area contributed by atoms with Gasteiger partial charge in [-0.05, 0) is 25.0 Å². The molecule has 2 rings (SSSR count). The van der Waals surface area contributed by atoms with E-state index in [1.54, 1.807) is 18.2 Å². The van der Waals surface area contributed by atoms with Crippen LogP contribution in [-0.4, -0.2) is 25.2 Å². The lowest BCUT2D eigenvalue weighted by atomic mass is 10.2. The third kappa shape index (κ3) is 6.20. The lowest BCUT2D eigenvalue weighted by Gasteiger charge is -2.07. The summed E-state index contributed by atoms with van der Waals surface area (Å²) < 4.78 is 28.9. The molecule has 0 amide bonds. The number of hydrogen-bond donors (Lipinski definition) is 1. The smallest absolute Gasteiger partial charge is 0.387 e. The van der Waals surface area contributed by atoms with E-state index >= 15 is 0 Å². The van der Waals surface area contributed by atoms with E-state index in [0.29, 0.717) is 5.56 Å². The highest BCUT2D eigenvalue weighted by molar-refractivity contribution is 8.93. The van der Waals surface area contributed by atoms with Crippen molar-refractivity contribution in [2.24, 2.45) is 10.1 Å². The first-order valence-corrected chi connectivity index (χ1v) is 6.62. The molecule has 1 aliphatic heterocycles. The third-order valence-electron chi connectivity index (χ3n) is 2.91. The molecule has 0 saturated heterocycles. The van der Waals surface area contributed by atoms with Crippen LogP contribution >= 0.6 is 17.0 Å². The van der Waals surface area contributed by atoms with E-state index in [1.165, 1.54) is 18.7 Å². The molecule has 0 atom stereocenters. The number of alkyl halides is 2. The Labute approximate surface area is 133 Å². The fourth-order valence-corrected chi connectivity index (χ4v) is 1.93. The Hall–Kier alpha value is -1.50. The van der Waals surface area contributed by atoms with Crippen LogP contribution in [-0.2, 0) is 0 Å². The highest BCUT2D eigenvalue weighted by Crippen LogP contribution is 2.18. The van der Waals surface area contributed by atoms with Crippen molar-refractivity contribution in [3.05, 3.63) is 29.8 Å². The van der Waals surface area contributed by atoms with Gasteiger partial charge in [-0.3, -0.25) is 10.4 Å². The van der Waals surface area contributed by atoms with Gasteiger partial charge < -0.3 is 4.74 Å². The number of nitrogens with zero attached hydrogens (tertiary/aromatic N) is 2. The largest absolute Gasteiger partial charge is 0.434 e. The van der Waals surface area contributed by atoms with E-state index in [9.17, 15) is 8.78 Å². The predicted octanol–water partition coefficient (Wildman–Crippen LogP) is 3.76. The third-order valence-corrected chi connectivity index (χ3v) is 2.91. The Morgan fingerprint density at radius 2 is 2.05 bits per heavy atom. The highest BCUT2D eigenvalue weighted by atomic mass is 79.9. The first-order chi connectivity index (χ1) is 9.75. The Balaban J connectivity index is 0.00000220. The van der Waals surface area contributed by atoms with Crippen molar-refractivity contribution in [3.63, 3.8) is 0 Å². The summed E-state index contributed by atoms with van der Waals surface area (Å²) in [7, 11) is 0. The standard InChI is InChI=1S/C14H17F2N3O.BrH/c15-14(16)20-12-7-4-3-6-11(12)10-18-19-13-8-2-1-5-9-17-13;/h3-4,6-7,10,14H,1-2,5,8-9H2,(H,17,19);1H. The van der Waals surface area contributed by atoms with E-state index in [2.05, 4.69) is 20.3 Å². The first-order valence-electron chi connectivity index (χ1n) is 6.62. The molecule has 0 bridgehead atoms. The van der Waals surface area contributed by atoms with Crippen LogP contribution in [0.2, 0.25) is 0 Å². The number of benzene rings is 1. The molecule has 0 unspecified atom stereocenters. The average Bonchev–Trinajstić information content (AvgIpc) is 2.69. The van der Waals surface area contributed by atoms with Crippen molar-refractivity contribution in [3.8, 4) is 5.75 Å². The molecule has 21 heavy (non-hydrogen) atoms. The van der Waals surface area contributed by atoms with Gasteiger partial charge in [0.05, 0.1) is 6.21 Å². The number of halogens is 3. The van der Waals surface area contributed by atoms with E-state index in [-0.39, 0.29) is 22.7 Å². The Bertz CT molecular complexity index is 495. The zero-order chi connectivity index (χ0) is 14.2. The van der Waals surface area contributed by atoms with E-state index < -0.39 is 6.61 Å². The molecule has 0 saturated carbocycles. The predicted molar refractivity (Wildman–Crippen MR) is 84.9 cm³/mol. The van der Waals surface area contributed by atoms with Crippen LogP contribution < -0.4 is 10.2 Å². The number of para-hydroxylation sites is 1. The number of hydrazone groups is 1. The minimum atomic E-state index is -2.84. The fourth-order valence-electron chi connectivity index (χ4n) is 1.93. The van der Waals surface area contributed by atoms with E-state index in [4.69, 9.17) is 0 Å². The Morgan fingerprint density at radius 3 is 2.86 bits per heavy atom. The van der Waals surface area contributed by atoms with Crippen molar-refractivity contribution in [2.75, 3.05) is 6.54 Å². The summed E-state index contributed by atoms with van der Waals surface area (Å²) in [5.74, 6) is 0.946. The van der Waals surface area contributed by atoms with Gasteiger partial charge in [-0.15, -0.1) is 17.0 Å². The van der Waals surface area contributed by atoms with Gasteiger partial charge in [-0.1, -0.05) is 18.6 Å². The van der Waals surface area contributed by atoms with Gasteiger partial charge >= 0.3 is 6.61 Å². The quantitative estimate of drug-likeness (QED) is 0.655. The topological polar surface area (TPSA) is 46.0 Å². The van der Waals surface area contributed by atoms with Gasteiger partial charge in [0.1, 0.15) is 11.6 Å². The second-order valence-corrected chi connectivity index (χ2v) is 4.43. The summed E-state index contributed by atoms with van der Waals surface area (Å²) in [6, 6.07) is 6.52. The zero-order valence-corrected chi connectivity index (χ0v) is 13.2. The van der Waals surface area contributed by atoms with Gasteiger partial charge in [0, 0.05) is 18.5 Å². The lowest BCUT2D eigenvalue weighted by Crippen LogP contribution is -2.17. The number of ether oxygens (including phenoxy) is 1. The molecule has 7 heteroatoms. The second-order valence-electron chi connectivity index (χ2n) is 4.43. The van der Waals surface area contributed by atoms with Crippen molar-refractivity contribution in [1.29, 1.82) is 0 Å². The maximum Gasteiger partial charge on any atom is 0.387 e. The number of nitrogens with one attached hydrogen (secondary N) is 1. The molecule has 116 valence electrons. The molecular formula is C14H18BrF2N3O. The molecule has 1 heterocycles. The van der Waals surface area contributed by atoms with Crippen LogP contribution in [0.5, 0.6) is 5.75 Å². The van der Waals surface area contributed by atoms with E-state index in [0.717, 1.165) is 31.6 Å². The van der Waals surface area contributed by atoms with Gasteiger partial charge in [0.2, 0.25) is 0 Å². The normalized spacial score (nSPS) is 15.3. The van der Waals surface area contributed by atoms with Crippen LogP contribution in [0.1, 0.15) is 31.2 Å². The number of hydrogen-bond acceptors (Lipinski definition) is 4. The van der Waals surface area contributed by atoms with Crippen LogP contribution in [0.25, 0.3) is 0 Å². The maximum atomic E-state index is 12.3. The minimum Gasteiger partial charge on any atom is -0.434 e. The molecule has 0 aliphatic carbocycles. The Morgan fingerprint density at radius 1 is 1.24 bits per heavy atom. The zero-order valence-electron chi connectivity index (χ0n) is 11.5. The molecule has 1 aromatic carbocycles. The average molecular weight is 362 g/mol. The summed E-state index contributed by atoms with van der Waals surface area (Å²) in [5, 5.41) is 4.04. The summed E-state index contributed by atoms with van der Waals surface area (Å²) >= 11 is 0. The van der Waals surface area contributed by atoms with Gasteiger partial charge in [-0.25, -0.2) is 0 Å². The molecule has 4 nitrogen and oxygen atoms in total. The van der Waals surface area contributed by atoms with Gasteiger partial charge in [-0.2, -0.15) is 13.9 Å². The first kappa shape index (κ1) is 17.6. The molecule has 0 radical (unpaired) electrons. The SMILES string of the molecule is Br.FC(F)Oc1ccccc1C=NNC1=NCCCCC1. The summed E-state index contributed by atoms with van der Waals surface area (Å²) in [4.78, 5) is 4.37. The minimum absolute atomic E-state index is 0. The monoisotopic (exact) mass is 361 g/mol. The lowest BCUT2D eigenvalue weighted by molar-refractivity contribution is -0.0499. The second kappa shape index (κ2) is 9.44. The molecule has 1 aromatic rings. The fraction of sp³-hybridized carbons (Fsp3) is 0.429. The highest BCUT2D eigenvalue weighted by Gasteiger charge is 2.07. The molecule has 1 aliphatic rings. The molecule has 0 fully saturated rings. The Kier molecular flexibility index (Phi) is 7.89. The van der Waals surface area contributed by atoms with Crippen LogP contribution in [0, 0.1) is 0 Å². The van der Waals surface area contributed by atoms with Gasteiger partial charge in [0.15, 0.2) is 0 Å². The van der Waals surface area contributed by atoms with Crippen LogP contribution in [0.4, 0.5) is 8.78 Å². The molecule has 0 spiro atoms.